The van der Waals surface area contributed by atoms with Crippen molar-refractivity contribution >= 4 is 10.2 Å². The Kier molecular flexibility index (Phi) is 1.90. The average Bonchev–Trinajstić information content (AvgIpc) is 1.86. The van der Waals surface area contributed by atoms with Crippen molar-refractivity contribution in [2.75, 3.05) is 0 Å². The van der Waals surface area contributed by atoms with E-state index in [9.17, 15) is 12.3 Å². The van der Waals surface area contributed by atoms with Crippen LogP contribution in [0.15, 0.2) is 23.4 Å². The summed E-state index contributed by atoms with van der Waals surface area (Å²) in [5, 5.41) is 0. The minimum Gasteiger partial charge on any atom is -0.263 e. The maximum absolute atomic E-state index is 12.2. The minimum absolute atomic E-state index is 0.391. The van der Waals surface area contributed by atoms with Crippen molar-refractivity contribution in [2.24, 2.45) is 0 Å². The maximum Gasteiger partial charge on any atom is 0.333 e. The van der Waals surface area contributed by atoms with Crippen molar-refractivity contribution < 1.29 is 12.3 Å². The van der Waals surface area contributed by atoms with E-state index in [1.807, 2.05) is 0 Å². The molecule has 60 valence electrons. The molecule has 0 aliphatic carbocycles. The van der Waals surface area contributed by atoms with E-state index in [4.69, 9.17) is 0 Å². The van der Waals surface area contributed by atoms with Gasteiger partial charge >= 0.3 is 10.2 Å². The number of pyridine rings is 1. The molecule has 0 aliphatic rings. The standard InChI is InChI=1S/C6H6FNO2S/c1-5-2-6(4-8-3-5)11(7,9)10/h2-4H,1H3. The number of aromatic nitrogens is 1. The van der Waals surface area contributed by atoms with Gasteiger partial charge in [0.1, 0.15) is 4.90 Å². The van der Waals surface area contributed by atoms with Gasteiger partial charge in [0.05, 0.1) is 0 Å². The van der Waals surface area contributed by atoms with Crippen LogP contribution in [0.5, 0.6) is 0 Å². The molecule has 1 aromatic rings. The van der Waals surface area contributed by atoms with E-state index >= 15 is 0 Å². The van der Waals surface area contributed by atoms with Crippen LogP contribution in [-0.2, 0) is 10.2 Å². The Bertz CT molecular complexity index is 361. The number of hydrogen-bond acceptors (Lipinski definition) is 3. The fourth-order valence-electron chi connectivity index (χ4n) is 0.661. The van der Waals surface area contributed by atoms with Gasteiger partial charge in [0, 0.05) is 12.4 Å². The van der Waals surface area contributed by atoms with Crippen molar-refractivity contribution in [3.8, 4) is 0 Å². The van der Waals surface area contributed by atoms with Gasteiger partial charge in [-0.1, -0.05) is 0 Å². The van der Waals surface area contributed by atoms with Gasteiger partial charge in [-0.3, -0.25) is 4.98 Å². The summed E-state index contributed by atoms with van der Waals surface area (Å²) in [6.45, 7) is 1.64. The molecule has 0 atom stereocenters. The third kappa shape index (κ3) is 1.98. The zero-order chi connectivity index (χ0) is 8.48. The van der Waals surface area contributed by atoms with Crippen LogP contribution in [-0.4, -0.2) is 13.4 Å². The van der Waals surface area contributed by atoms with Crippen molar-refractivity contribution in [1.82, 2.24) is 4.98 Å². The molecule has 0 unspecified atom stereocenters. The average molecular weight is 175 g/mol. The molecule has 1 aromatic heterocycles. The normalized spacial score (nSPS) is 11.5. The SMILES string of the molecule is Cc1cncc(S(=O)(=O)F)c1. The lowest BCUT2D eigenvalue weighted by molar-refractivity contribution is 0.551. The quantitative estimate of drug-likeness (QED) is 0.599. The van der Waals surface area contributed by atoms with Crippen LogP contribution in [0.4, 0.5) is 3.89 Å². The van der Waals surface area contributed by atoms with Crippen LogP contribution in [0.3, 0.4) is 0 Å². The molecule has 11 heavy (non-hydrogen) atoms. The molecule has 1 heterocycles. The predicted molar refractivity (Wildman–Crippen MR) is 37.3 cm³/mol. The molecule has 0 saturated heterocycles. The van der Waals surface area contributed by atoms with Crippen LogP contribution in [0.1, 0.15) is 5.56 Å². The fourth-order valence-corrected chi connectivity index (χ4v) is 1.17. The Morgan fingerprint density at radius 2 is 2.09 bits per heavy atom. The van der Waals surface area contributed by atoms with Gasteiger partial charge in [0.15, 0.2) is 0 Å². The summed E-state index contributed by atoms with van der Waals surface area (Å²) in [7, 11) is -4.59. The lowest BCUT2D eigenvalue weighted by Crippen LogP contribution is -1.93. The highest BCUT2D eigenvalue weighted by Gasteiger charge is 2.11. The van der Waals surface area contributed by atoms with Gasteiger partial charge in [0.25, 0.3) is 0 Å². The molecule has 0 amide bonds. The second-order valence-corrected chi connectivity index (χ2v) is 3.48. The first-order valence-corrected chi connectivity index (χ1v) is 4.25. The summed E-state index contributed by atoms with van der Waals surface area (Å²) in [5.41, 5.74) is 0.615. The second-order valence-electron chi connectivity index (χ2n) is 2.14. The largest absolute Gasteiger partial charge is 0.333 e. The highest BCUT2D eigenvalue weighted by Crippen LogP contribution is 2.10. The highest BCUT2D eigenvalue weighted by molar-refractivity contribution is 7.86. The number of nitrogens with zero attached hydrogens (tertiary/aromatic N) is 1. The van der Waals surface area contributed by atoms with Crippen molar-refractivity contribution in [3.63, 3.8) is 0 Å². The summed E-state index contributed by atoms with van der Waals surface area (Å²) >= 11 is 0. The van der Waals surface area contributed by atoms with Gasteiger partial charge in [-0.2, -0.15) is 8.42 Å². The first-order valence-electron chi connectivity index (χ1n) is 2.86. The Balaban J connectivity index is 3.28. The van der Waals surface area contributed by atoms with E-state index in [-0.39, 0.29) is 0 Å². The van der Waals surface area contributed by atoms with E-state index in [0.717, 1.165) is 6.20 Å². The summed E-state index contributed by atoms with van der Waals surface area (Å²) in [6.07, 6.45) is 2.43. The van der Waals surface area contributed by atoms with E-state index < -0.39 is 15.1 Å². The Morgan fingerprint density at radius 3 is 2.45 bits per heavy atom. The zero-order valence-corrected chi connectivity index (χ0v) is 6.60. The first-order chi connectivity index (χ1) is 5.00. The Hall–Kier alpha value is -0.970. The highest BCUT2D eigenvalue weighted by atomic mass is 32.3. The third-order valence-corrected chi connectivity index (χ3v) is 1.92. The van der Waals surface area contributed by atoms with Crippen molar-refractivity contribution in [3.05, 3.63) is 24.0 Å². The lowest BCUT2D eigenvalue weighted by atomic mass is 10.3. The molecular weight excluding hydrogens is 169 g/mol. The topological polar surface area (TPSA) is 47.0 Å². The van der Waals surface area contributed by atoms with E-state index in [1.54, 1.807) is 6.92 Å². The van der Waals surface area contributed by atoms with E-state index in [1.165, 1.54) is 12.3 Å². The predicted octanol–water partition coefficient (Wildman–Crippen LogP) is 1.05. The lowest BCUT2D eigenvalue weighted by Gasteiger charge is -1.93. The molecule has 0 aliphatic heterocycles. The third-order valence-electron chi connectivity index (χ3n) is 1.13. The van der Waals surface area contributed by atoms with Gasteiger partial charge in [0.2, 0.25) is 0 Å². The molecule has 5 heteroatoms. The Labute approximate surface area is 64.1 Å². The van der Waals surface area contributed by atoms with Crippen LogP contribution >= 0.6 is 0 Å². The number of halogens is 1. The molecule has 0 saturated carbocycles. The molecule has 0 aromatic carbocycles. The maximum atomic E-state index is 12.2. The molecule has 0 fully saturated rings. The molecule has 0 spiro atoms. The van der Waals surface area contributed by atoms with E-state index in [0.29, 0.717) is 5.56 Å². The first kappa shape index (κ1) is 8.13. The summed E-state index contributed by atoms with van der Waals surface area (Å²) in [5.74, 6) is 0. The molecule has 0 bridgehead atoms. The van der Waals surface area contributed by atoms with E-state index in [2.05, 4.69) is 4.98 Å². The minimum atomic E-state index is -4.59. The van der Waals surface area contributed by atoms with Crippen molar-refractivity contribution in [2.45, 2.75) is 11.8 Å². The Morgan fingerprint density at radius 1 is 1.45 bits per heavy atom. The van der Waals surface area contributed by atoms with Crippen LogP contribution in [0.25, 0.3) is 0 Å². The van der Waals surface area contributed by atoms with Crippen LogP contribution in [0.2, 0.25) is 0 Å². The van der Waals surface area contributed by atoms with Gasteiger partial charge in [-0.15, -0.1) is 3.89 Å². The smallest absolute Gasteiger partial charge is 0.263 e. The summed E-state index contributed by atoms with van der Waals surface area (Å²) in [4.78, 5) is 3.14. The number of hydrogen-bond donors (Lipinski definition) is 0. The molecule has 0 N–H and O–H groups in total. The fraction of sp³-hybridized carbons (Fsp3) is 0.167. The van der Waals surface area contributed by atoms with Crippen molar-refractivity contribution in [1.29, 1.82) is 0 Å². The molecule has 0 radical (unpaired) electrons. The van der Waals surface area contributed by atoms with Crippen LogP contribution in [0, 0.1) is 6.92 Å². The summed E-state index contributed by atoms with van der Waals surface area (Å²) < 4.78 is 32.8. The molecular formula is C6H6FNO2S. The van der Waals surface area contributed by atoms with Crippen LogP contribution < -0.4 is 0 Å². The second kappa shape index (κ2) is 2.58. The zero-order valence-electron chi connectivity index (χ0n) is 5.78. The summed E-state index contributed by atoms with van der Waals surface area (Å²) in [6, 6.07) is 1.22. The number of rotatable bonds is 1. The molecule has 1 rings (SSSR count). The van der Waals surface area contributed by atoms with Gasteiger partial charge in [-0.25, -0.2) is 0 Å². The van der Waals surface area contributed by atoms with Gasteiger partial charge < -0.3 is 0 Å². The molecule has 3 nitrogen and oxygen atoms in total. The van der Waals surface area contributed by atoms with Gasteiger partial charge in [-0.05, 0) is 18.6 Å². The number of aryl methyl sites for hydroxylation is 1. The monoisotopic (exact) mass is 175 g/mol.